The van der Waals surface area contributed by atoms with Crippen molar-refractivity contribution in [1.82, 2.24) is 9.38 Å². The smallest absolute Gasteiger partial charge is 0.416 e. The van der Waals surface area contributed by atoms with Crippen molar-refractivity contribution < 1.29 is 23.1 Å². The first-order chi connectivity index (χ1) is 12.3. The lowest BCUT2D eigenvalue weighted by molar-refractivity contribution is -0.145. The quantitative estimate of drug-likeness (QED) is 0.743. The fourth-order valence-electron chi connectivity index (χ4n) is 3.41. The van der Waals surface area contributed by atoms with E-state index in [0.29, 0.717) is 24.1 Å². The zero-order chi connectivity index (χ0) is 18.5. The number of halogens is 3. The number of carbonyl (C=O) groups is 1. The molecule has 4 nitrogen and oxygen atoms in total. The Morgan fingerprint density at radius 3 is 2.42 bits per heavy atom. The van der Waals surface area contributed by atoms with Gasteiger partial charge >= 0.3 is 12.1 Å². The molecule has 3 aromatic rings. The van der Waals surface area contributed by atoms with Crippen LogP contribution in [-0.2, 0) is 11.0 Å². The number of carboxylic acids is 1. The molecule has 26 heavy (non-hydrogen) atoms. The molecule has 0 spiro atoms. The van der Waals surface area contributed by atoms with Gasteiger partial charge in [0, 0.05) is 17.7 Å². The first-order valence-electron chi connectivity index (χ1n) is 8.22. The van der Waals surface area contributed by atoms with Gasteiger partial charge in [-0.05, 0) is 37.1 Å². The molecule has 0 aliphatic heterocycles. The van der Waals surface area contributed by atoms with Crippen molar-refractivity contribution in [2.75, 3.05) is 0 Å². The summed E-state index contributed by atoms with van der Waals surface area (Å²) in [7, 11) is 0. The maximum atomic E-state index is 12.8. The van der Waals surface area contributed by atoms with Crippen LogP contribution in [0, 0.1) is 5.92 Å². The minimum Gasteiger partial charge on any atom is -0.481 e. The summed E-state index contributed by atoms with van der Waals surface area (Å²) in [4.78, 5) is 15.7. The van der Waals surface area contributed by atoms with Gasteiger partial charge in [-0.15, -0.1) is 0 Å². The molecule has 1 aliphatic rings. The van der Waals surface area contributed by atoms with Crippen LogP contribution in [0.4, 0.5) is 13.2 Å². The third-order valence-electron chi connectivity index (χ3n) is 4.91. The standard InChI is InChI=1S/C19H15F3N2O2/c20-19(21,22)14-6-4-11(5-7-14)16-15-3-1-2-8-24(15)17(23-16)12-9-13(10-12)18(25)26/h1-8,12-13H,9-10H2,(H,25,26)/t12-,13-. The number of aromatic nitrogens is 2. The fraction of sp³-hybridized carbons (Fsp3) is 0.263. The molecule has 4 rings (SSSR count). The molecule has 134 valence electrons. The Morgan fingerprint density at radius 1 is 1.12 bits per heavy atom. The number of hydrogen-bond donors (Lipinski definition) is 1. The van der Waals surface area contributed by atoms with Crippen LogP contribution >= 0.6 is 0 Å². The van der Waals surface area contributed by atoms with E-state index in [1.807, 2.05) is 28.8 Å². The van der Waals surface area contributed by atoms with E-state index in [4.69, 9.17) is 5.11 Å². The van der Waals surface area contributed by atoms with Crippen LogP contribution in [0.1, 0.15) is 30.1 Å². The molecule has 1 aliphatic carbocycles. The summed E-state index contributed by atoms with van der Waals surface area (Å²) in [5, 5.41) is 9.07. The highest BCUT2D eigenvalue weighted by Crippen LogP contribution is 2.42. The van der Waals surface area contributed by atoms with E-state index in [0.717, 1.165) is 23.5 Å². The van der Waals surface area contributed by atoms with Crippen LogP contribution in [0.2, 0.25) is 0 Å². The monoisotopic (exact) mass is 360 g/mol. The molecule has 2 heterocycles. The Bertz CT molecular complexity index is 971. The van der Waals surface area contributed by atoms with Crippen LogP contribution in [0.3, 0.4) is 0 Å². The highest BCUT2D eigenvalue weighted by atomic mass is 19.4. The predicted octanol–water partition coefficient (Wildman–Crippen LogP) is 4.60. The van der Waals surface area contributed by atoms with Gasteiger partial charge in [0.1, 0.15) is 5.82 Å². The van der Waals surface area contributed by atoms with E-state index in [1.54, 1.807) is 0 Å². The number of hydrogen-bond acceptors (Lipinski definition) is 2. The summed E-state index contributed by atoms with van der Waals surface area (Å²) in [5.74, 6) is -0.363. The number of carboxylic acid groups (broad SMARTS) is 1. The molecule has 2 aromatic heterocycles. The Kier molecular flexibility index (Phi) is 3.75. The second-order valence-electron chi connectivity index (χ2n) is 6.55. The number of pyridine rings is 1. The highest BCUT2D eigenvalue weighted by Gasteiger charge is 2.38. The lowest BCUT2D eigenvalue weighted by Crippen LogP contribution is -2.29. The number of fused-ring (bicyclic) bond motifs is 1. The van der Waals surface area contributed by atoms with Gasteiger partial charge in [0.05, 0.1) is 22.7 Å². The van der Waals surface area contributed by atoms with Gasteiger partial charge in [0.25, 0.3) is 0 Å². The number of alkyl halides is 3. The van der Waals surface area contributed by atoms with Crippen molar-refractivity contribution in [1.29, 1.82) is 0 Å². The maximum absolute atomic E-state index is 12.8. The Morgan fingerprint density at radius 2 is 1.81 bits per heavy atom. The highest BCUT2D eigenvalue weighted by molar-refractivity contribution is 5.78. The van der Waals surface area contributed by atoms with Crippen molar-refractivity contribution in [3.63, 3.8) is 0 Å². The minimum absolute atomic E-state index is 0.0363. The summed E-state index contributed by atoms with van der Waals surface area (Å²) in [5.41, 5.74) is 1.30. The lowest BCUT2D eigenvalue weighted by Gasteiger charge is -2.31. The number of benzene rings is 1. The summed E-state index contributed by atoms with van der Waals surface area (Å²) in [6, 6.07) is 10.5. The molecule has 0 amide bonds. The number of aliphatic carboxylic acids is 1. The van der Waals surface area contributed by atoms with Gasteiger partial charge in [-0.1, -0.05) is 18.2 Å². The molecule has 1 N–H and O–H groups in total. The average molecular weight is 360 g/mol. The normalized spacial score (nSPS) is 20.1. The van der Waals surface area contributed by atoms with E-state index in [9.17, 15) is 18.0 Å². The average Bonchev–Trinajstić information content (AvgIpc) is 2.92. The van der Waals surface area contributed by atoms with E-state index in [-0.39, 0.29) is 11.8 Å². The molecule has 0 saturated heterocycles. The van der Waals surface area contributed by atoms with Crippen molar-refractivity contribution in [3.05, 3.63) is 60.0 Å². The summed E-state index contributed by atoms with van der Waals surface area (Å²) >= 11 is 0. The van der Waals surface area contributed by atoms with Crippen LogP contribution in [0.15, 0.2) is 48.7 Å². The molecule has 0 bridgehead atoms. The SMILES string of the molecule is O=C(O)[C@H]1C[C@H](c2nc(-c3ccc(C(F)(F)F)cc3)c3ccccn32)C1. The van der Waals surface area contributed by atoms with Crippen LogP contribution in [0.5, 0.6) is 0 Å². The predicted molar refractivity (Wildman–Crippen MR) is 88.7 cm³/mol. The van der Waals surface area contributed by atoms with E-state index in [2.05, 4.69) is 4.98 Å². The van der Waals surface area contributed by atoms with Gasteiger partial charge in [-0.2, -0.15) is 13.2 Å². The first-order valence-corrected chi connectivity index (χ1v) is 8.22. The minimum atomic E-state index is -4.38. The van der Waals surface area contributed by atoms with Gasteiger partial charge in [0.2, 0.25) is 0 Å². The fourth-order valence-corrected chi connectivity index (χ4v) is 3.41. The first kappa shape index (κ1) is 16.6. The Balaban J connectivity index is 1.73. The molecule has 0 unspecified atom stereocenters. The largest absolute Gasteiger partial charge is 0.481 e. The van der Waals surface area contributed by atoms with E-state index < -0.39 is 17.7 Å². The zero-order valence-corrected chi connectivity index (χ0v) is 13.6. The second kappa shape index (κ2) is 5.86. The Labute approximate surface area is 146 Å². The number of rotatable bonds is 3. The molecular formula is C19H15F3N2O2. The number of nitrogens with zero attached hydrogens (tertiary/aromatic N) is 2. The van der Waals surface area contributed by atoms with E-state index in [1.165, 1.54) is 12.1 Å². The molecule has 1 fully saturated rings. The molecule has 1 aromatic carbocycles. The van der Waals surface area contributed by atoms with Gasteiger partial charge in [-0.3, -0.25) is 4.79 Å². The van der Waals surface area contributed by atoms with Crippen LogP contribution in [-0.4, -0.2) is 20.5 Å². The van der Waals surface area contributed by atoms with Gasteiger partial charge in [-0.25, -0.2) is 4.98 Å². The van der Waals surface area contributed by atoms with Crippen LogP contribution in [0.25, 0.3) is 16.8 Å². The van der Waals surface area contributed by atoms with E-state index >= 15 is 0 Å². The summed E-state index contributed by atoms with van der Waals surface area (Å²) < 4.78 is 40.2. The van der Waals surface area contributed by atoms with Gasteiger partial charge in [0.15, 0.2) is 0 Å². The molecular weight excluding hydrogens is 345 g/mol. The molecule has 7 heteroatoms. The molecule has 1 saturated carbocycles. The third-order valence-corrected chi connectivity index (χ3v) is 4.91. The van der Waals surface area contributed by atoms with Gasteiger partial charge < -0.3 is 9.51 Å². The summed E-state index contributed by atoms with van der Waals surface area (Å²) in [6.07, 6.45) is -1.48. The maximum Gasteiger partial charge on any atom is 0.416 e. The lowest BCUT2D eigenvalue weighted by atomic mass is 9.74. The van der Waals surface area contributed by atoms with Crippen molar-refractivity contribution in [2.24, 2.45) is 5.92 Å². The van der Waals surface area contributed by atoms with Crippen molar-refractivity contribution in [3.8, 4) is 11.3 Å². The molecule has 0 radical (unpaired) electrons. The van der Waals surface area contributed by atoms with Crippen molar-refractivity contribution in [2.45, 2.75) is 24.9 Å². The zero-order valence-electron chi connectivity index (χ0n) is 13.6. The number of imidazole rings is 1. The van der Waals surface area contributed by atoms with Crippen LogP contribution < -0.4 is 0 Å². The summed E-state index contributed by atoms with van der Waals surface area (Å²) in [6.45, 7) is 0. The van der Waals surface area contributed by atoms with Crippen molar-refractivity contribution >= 4 is 11.5 Å². The second-order valence-corrected chi connectivity index (χ2v) is 6.55. The topological polar surface area (TPSA) is 54.6 Å². The molecule has 0 atom stereocenters. The Hall–Kier alpha value is -2.83. The third kappa shape index (κ3) is 2.73.